The molecule has 90 valence electrons. The van der Waals surface area contributed by atoms with E-state index >= 15 is 0 Å². The molecule has 3 nitrogen and oxygen atoms in total. The van der Waals surface area contributed by atoms with Crippen LogP contribution in [-0.2, 0) is 4.84 Å². The molecule has 17 heavy (non-hydrogen) atoms. The zero-order valence-corrected chi connectivity index (χ0v) is 10.6. The summed E-state index contributed by atoms with van der Waals surface area (Å²) in [6.45, 7) is 6.78. The van der Waals surface area contributed by atoms with Gasteiger partial charge in [-0.2, -0.15) is 10.3 Å². The number of nitriles is 1. The Labute approximate surface area is 103 Å². The Morgan fingerprint density at radius 2 is 1.94 bits per heavy atom. The van der Waals surface area contributed by atoms with Gasteiger partial charge in [0.05, 0.1) is 24.6 Å². The number of rotatable bonds is 1. The molecular weight excluding hydrogens is 212 g/mol. The van der Waals surface area contributed by atoms with Crippen LogP contribution in [0.1, 0.15) is 32.4 Å². The molecule has 1 aromatic carbocycles. The van der Waals surface area contributed by atoms with E-state index in [4.69, 9.17) is 4.84 Å². The summed E-state index contributed by atoms with van der Waals surface area (Å²) < 4.78 is 0. The van der Waals surface area contributed by atoms with Crippen molar-refractivity contribution in [3.8, 4) is 6.07 Å². The topological polar surface area (TPSA) is 36.3 Å². The smallest absolute Gasteiger partial charge is 0.0936 e. The van der Waals surface area contributed by atoms with Gasteiger partial charge in [-0.1, -0.05) is 30.3 Å². The van der Waals surface area contributed by atoms with Crippen molar-refractivity contribution < 1.29 is 4.84 Å². The molecule has 0 bridgehead atoms. The van der Waals surface area contributed by atoms with Gasteiger partial charge in [-0.25, -0.2) is 0 Å². The van der Waals surface area contributed by atoms with Crippen molar-refractivity contribution in [3.63, 3.8) is 0 Å². The summed E-state index contributed by atoms with van der Waals surface area (Å²) in [4.78, 5) is 5.70. The Balaban J connectivity index is 2.36. The summed E-state index contributed by atoms with van der Waals surface area (Å²) in [6.07, 6.45) is 0. The Kier molecular flexibility index (Phi) is 3.19. The molecule has 0 aromatic heterocycles. The molecule has 0 amide bonds. The van der Waals surface area contributed by atoms with Crippen LogP contribution in [-0.4, -0.2) is 17.2 Å². The normalized spacial score (nSPS) is 25.8. The van der Waals surface area contributed by atoms with Gasteiger partial charge in [0.2, 0.25) is 0 Å². The fraction of sp³-hybridized carbons (Fsp3) is 0.500. The van der Waals surface area contributed by atoms with Gasteiger partial charge in [-0.05, 0) is 26.3 Å². The molecule has 1 fully saturated rings. The van der Waals surface area contributed by atoms with Gasteiger partial charge in [0, 0.05) is 5.54 Å². The van der Waals surface area contributed by atoms with E-state index in [1.54, 1.807) is 0 Å². The number of hydrogen-bond donors (Lipinski definition) is 0. The third kappa shape index (κ3) is 2.33. The van der Waals surface area contributed by atoms with Gasteiger partial charge in [0.25, 0.3) is 0 Å². The van der Waals surface area contributed by atoms with Gasteiger partial charge in [0.15, 0.2) is 0 Å². The zero-order chi connectivity index (χ0) is 12.5. The van der Waals surface area contributed by atoms with E-state index in [0.717, 1.165) is 5.56 Å². The van der Waals surface area contributed by atoms with Gasteiger partial charge < -0.3 is 0 Å². The van der Waals surface area contributed by atoms with E-state index in [-0.39, 0.29) is 17.5 Å². The second-order valence-corrected chi connectivity index (χ2v) is 5.38. The number of hydrogen-bond acceptors (Lipinski definition) is 3. The third-order valence-corrected chi connectivity index (χ3v) is 3.00. The third-order valence-electron chi connectivity index (χ3n) is 3.00. The van der Waals surface area contributed by atoms with Crippen molar-refractivity contribution >= 4 is 0 Å². The van der Waals surface area contributed by atoms with E-state index in [1.807, 2.05) is 23.3 Å². The Morgan fingerprint density at radius 1 is 1.29 bits per heavy atom. The lowest BCUT2D eigenvalue weighted by atomic mass is 9.93. The number of nitrogens with zero attached hydrogens (tertiary/aromatic N) is 2. The second kappa shape index (κ2) is 4.48. The quantitative estimate of drug-likeness (QED) is 0.744. The van der Waals surface area contributed by atoms with Crippen LogP contribution in [0.4, 0.5) is 0 Å². The van der Waals surface area contributed by atoms with Crippen LogP contribution >= 0.6 is 0 Å². The minimum absolute atomic E-state index is 0.0289. The first kappa shape index (κ1) is 12.1. The Bertz CT molecular complexity index is 416. The first-order valence-electron chi connectivity index (χ1n) is 5.91. The SMILES string of the molecule is CC(C)(C)N1OCC(C#N)[C@H]1c1ccccc1. The lowest BCUT2D eigenvalue weighted by Gasteiger charge is -2.35. The lowest BCUT2D eigenvalue weighted by Crippen LogP contribution is -2.40. The molecule has 0 spiro atoms. The first-order chi connectivity index (χ1) is 8.04. The standard InChI is InChI=1S/C14H18N2O/c1-14(2,3)16-13(12(9-15)10-17-16)11-7-5-4-6-8-11/h4-8,12-13H,10H2,1-3H3/t12?,13-/m1/s1. The summed E-state index contributed by atoms with van der Waals surface area (Å²) in [5, 5.41) is 11.2. The van der Waals surface area contributed by atoms with E-state index in [2.05, 4.69) is 39.0 Å². The fourth-order valence-electron chi connectivity index (χ4n) is 2.23. The minimum atomic E-state index is -0.105. The predicted molar refractivity (Wildman–Crippen MR) is 65.8 cm³/mol. The maximum atomic E-state index is 9.22. The van der Waals surface area contributed by atoms with Crippen LogP contribution in [0.25, 0.3) is 0 Å². The minimum Gasteiger partial charge on any atom is -0.296 e. The molecule has 0 aliphatic carbocycles. The summed E-state index contributed by atoms with van der Waals surface area (Å²) in [6, 6.07) is 12.5. The summed E-state index contributed by atoms with van der Waals surface area (Å²) in [5.41, 5.74) is 1.04. The number of benzene rings is 1. The van der Waals surface area contributed by atoms with Crippen molar-refractivity contribution in [2.75, 3.05) is 6.61 Å². The molecule has 1 unspecified atom stereocenters. The Hall–Kier alpha value is -1.37. The van der Waals surface area contributed by atoms with E-state index in [1.165, 1.54) is 0 Å². The van der Waals surface area contributed by atoms with Crippen LogP contribution in [0.2, 0.25) is 0 Å². The highest BCUT2D eigenvalue weighted by Gasteiger charge is 2.42. The molecular formula is C14H18N2O. The molecule has 0 N–H and O–H groups in total. The van der Waals surface area contributed by atoms with Crippen molar-refractivity contribution in [1.82, 2.24) is 5.06 Å². The van der Waals surface area contributed by atoms with E-state index in [0.29, 0.717) is 6.61 Å². The predicted octanol–water partition coefficient (Wildman–Crippen LogP) is 2.91. The van der Waals surface area contributed by atoms with Crippen LogP contribution < -0.4 is 0 Å². The van der Waals surface area contributed by atoms with Crippen molar-refractivity contribution in [1.29, 1.82) is 5.26 Å². The highest BCUT2D eigenvalue weighted by Crippen LogP contribution is 2.39. The summed E-state index contributed by atoms with van der Waals surface area (Å²) >= 11 is 0. The van der Waals surface area contributed by atoms with Crippen LogP contribution in [0.15, 0.2) is 30.3 Å². The lowest BCUT2D eigenvalue weighted by molar-refractivity contribution is -0.189. The van der Waals surface area contributed by atoms with Crippen molar-refractivity contribution in [2.24, 2.45) is 5.92 Å². The van der Waals surface area contributed by atoms with E-state index < -0.39 is 0 Å². The van der Waals surface area contributed by atoms with Crippen LogP contribution in [0, 0.1) is 17.2 Å². The zero-order valence-electron chi connectivity index (χ0n) is 10.6. The average Bonchev–Trinajstić information content (AvgIpc) is 2.73. The van der Waals surface area contributed by atoms with Crippen molar-refractivity contribution in [3.05, 3.63) is 35.9 Å². The fourth-order valence-corrected chi connectivity index (χ4v) is 2.23. The first-order valence-corrected chi connectivity index (χ1v) is 5.91. The molecule has 1 aromatic rings. The monoisotopic (exact) mass is 230 g/mol. The van der Waals surface area contributed by atoms with Gasteiger partial charge in [-0.15, -0.1) is 0 Å². The molecule has 0 saturated carbocycles. The van der Waals surface area contributed by atoms with Crippen molar-refractivity contribution in [2.45, 2.75) is 32.4 Å². The molecule has 2 rings (SSSR count). The molecule has 1 heterocycles. The molecule has 1 aliphatic rings. The summed E-state index contributed by atoms with van der Waals surface area (Å²) in [5.74, 6) is -0.100. The van der Waals surface area contributed by atoms with Crippen LogP contribution in [0.3, 0.4) is 0 Å². The van der Waals surface area contributed by atoms with Gasteiger partial charge >= 0.3 is 0 Å². The average molecular weight is 230 g/mol. The van der Waals surface area contributed by atoms with Gasteiger partial charge in [-0.3, -0.25) is 4.84 Å². The van der Waals surface area contributed by atoms with E-state index in [9.17, 15) is 5.26 Å². The maximum absolute atomic E-state index is 9.22. The largest absolute Gasteiger partial charge is 0.296 e. The molecule has 2 atom stereocenters. The molecule has 3 heteroatoms. The van der Waals surface area contributed by atoms with Gasteiger partial charge in [0.1, 0.15) is 0 Å². The number of hydroxylamine groups is 2. The second-order valence-electron chi connectivity index (χ2n) is 5.38. The molecule has 1 saturated heterocycles. The maximum Gasteiger partial charge on any atom is 0.0936 e. The van der Waals surface area contributed by atoms with Crippen LogP contribution in [0.5, 0.6) is 0 Å². The highest BCUT2D eigenvalue weighted by atomic mass is 16.7. The summed E-state index contributed by atoms with van der Waals surface area (Å²) in [7, 11) is 0. The molecule has 0 radical (unpaired) electrons. The highest BCUT2D eigenvalue weighted by molar-refractivity contribution is 5.22. The molecule has 1 aliphatic heterocycles. The Morgan fingerprint density at radius 3 is 2.47 bits per heavy atom.